The number of amides is 2. The summed E-state index contributed by atoms with van der Waals surface area (Å²) in [5.41, 5.74) is 0. The summed E-state index contributed by atoms with van der Waals surface area (Å²) < 4.78 is 10.3. The number of morpholine rings is 1. The molecule has 1 saturated heterocycles. The summed E-state index contributed by atoms with van der Waals surface area (Å²) in [5.74, 6) is 0.919. The Balaban J connectivity index is 1.53. The van der Waals surface area contributed by atoms with Crippen molar-refractivity contribution in [2.24, 2.45) is 0 Å². The van der Waals surface area contributed by atoms with Crippen molar-refractivity contribution in [2.45, 2.75) is 18.2 Å². The Morgan fingerprint density at radius 3 is 2.70 bits per heavy atom. The smallest absolute Gasteiger partial charge is 0.245 e. The molecule has 1 N–H and O–H groups in total. The summed E-state index contributed by atoms with van der Waals surface area (Å²) in [4.78, 5) is 30.3. The SMILES string of the molecule is Cc1cc(NC(=O)CN(CCCN2CCOCC2)C(=O)CSc2ccccc2)no1. The highest BCUT2D eigenvalue weighted by molar-refractivity contribution is 8.00. The molecule has 0 unspecified atom stereocenters. The van der Waals surface area contributed by atoms with Crippen LogP contribution >= 0.6 is 11.8 Å². The molecule has 0 saturated carbocycles. The molecule has 8 nitrogen and oxygen atoms in total. The van der Waals surface area contributed by atoms with Gasteiger partial charge in [0.25, 0.3) is 0 Å². The lowest BCUT2D eigenvalue weighted by molar-refractivity contribution is -0.132. The van der Waals surface area contributed by atoms with E-state index >= 15 is 0 Å². The fraction of sp³-hybridized carbons (Fsp3) is 0.476. The molecule has 0 radical (unpaired) electrons. The average Bonchev–Trinajstić information content (AvgIpc) is 3.17. The summed E-state index contributed by atoms with van der Waals surface area (Å²) in [6.07, 6.45) is 0.804. The molecular weight excluding hydrogens is 404 g/mol. The van der Waals surface area contributed by atoms with Gasteiger partial charge in [-0.2, -0.15) is 0 Å². The molecule has 2 amide bonds. The van der Waals surface area contributed by atoms with Gasteiger partial charge >= 0.3 is 0 Å². The van der Waals surface area contributed by atoms with Crippen molar-refractivity contribution >= 4 is 29.4 Å². The van der Waals surface area contributed by atoms with Crippen LogP contribution in [-0.4, -0.2) is 78.5 Å². The van der Waals surface area contributed by atoms with Gasteiger partial charge < -0.3 is 19.5 Å². The van der Waals surface area contributed by atoms with E-state index in [0.717, 1.165) is 44.2 Å². The number of nitrogens with one attached hydrogen (secondary N) is 1. The van der Waals surface area contributed by atoms with E-state index in [1.165, 1.54) is 11.8 Å². The first-order valence-corrected chi connectivity index (χ1v) is 11.1. The van der Waals surface area contributed by atoms with Gasteiger partial charge in [-0.3, -0.25) is 14.5 Å². The Bertz CT molecular complexity index is 808. The van der Waals surface area contributed by atoms with Crippen molar-refractivity contribution in [3.8, 4) is 0 Å². The Kier molecular flexibility index (Phi) is 8.73. The fourth-order valence-corrected chi connectivity index (χ4v) is 3.96. The molecule has 0 aliphatic carbocycles. The number of hydrogen-bond donors (Lipinski definition) is 1. The maximum absolute atomic E-state index is 12.8. The molecule has 1 aromatic heterocycles. The standard InChI is InChI=1S/C21H28N4O4S/c1-17-14-19(23-29-17)22-20(26)15-25(9-5-8-24-10-12-28-13-11-24)21(27)16-30-18-6-3-2-4-7-18/h2-4,6-7,14H,5,8-13,15-16H2,1H3,(H,22,23,26). The Labute approximate surface area is 180 Å². The van der Waals surface area contributed by atoms with Gasteiger partial charge in [-0.05, 0) is 25.5 Å². The number of carbonyl (C=O) groups is 2. The number of hydrogen-bond acceptors (Lipinski definition) is 7. The number of nitrogens with zero attached hydrogens (tertiary/aromatic N) is 3. The van der Waals surface area contributed by atoms with E-state index in [-0.39, 0.29) is 24.1 Å². The van der Waals surface area contributed by atoms with Crippen LogP contribution in [0.5, 0.6) is 0 Å². The second kappa shape index (κ2) is 11.7. The van der Waals surface area contributed by atoms with E-state index in [4.69, 9.17) is 9.26 Å². The van der Waals surface area contributed by atoms with E-state index in [2.05, 4.69) is 15.4 Å². The summed E-state index contributed by atoms with van der Waals surface area (Å²) >= 11 is 1.48. The van der Waals surface area contributed by atoms with Crippen LogP contribution in [-0.2, 0) is 14.3 Å². The molecule has 0 bridgehead atoms. The Hall–Kier alpha value is -2.36. The van der Waals surface area contributed by atoms with Crippen LogP contribution in [0.4, 0.5) is 5.82 Å². The molecular formula is C21H28N4O4S. The van der Waals surface area contributed by atoms with Gasteiger partial charge in [0.05, 0.1) is 25.5 Å². The second-order valence-corrected chi connectivity index (χ2v) is 8.14. The third kappa shape index (κ3) is 7.47. The highest BCUT2D eigenvalue weighted by Crippen LogP contribution is 2.17. The van der Waals surface area contributed by atoms with E-state index in [1.807, 2.05) is 30.3 Å². The van der Waals surface area contributed by atoms with Gasteiger partial charge in [0.15, 0.2) is 5.82 Å². The summed E-state index contributed by atoms with van der Waals surface area (Å²) in [6, 6.07) is 11.4. The molecule has 1 fully saturated rings. The first kappa shape index (κ1) is 22.3. The van der Waals surface area contributed by atoms with Crippen molar-refractivity contribution in [2.75, 3.05) is 57.0 Å². The highest BCUT2D eigenvalue weighted by Gasteiger charge is 2.19. The lowest BCUT2D eigenvalue weighted by atomic mass is 10.3. The van der Waals surface area contributed by atoms with Crippen molar-refractivity contribution < 1.29 is 18.8 Å². The minimum Gasteiger partial charge on any atom is -0.379 e. The molecule has 30 heavy (non-hydrogen) atoms. The lowest BCUT2D eigenvalue weighted by Gasteiger charge is -2.28. The maximum atomic E-state index is 12.8. The molecule has 2 heterocycles. The second-order valence-electron chi connectivity index (χ2n) is 7.10. The van der Waals surface area contributed by atoms with Crippen LogP contribution in [0, 0.1) is 6.92 Å². The summed E-state index contributed by atoms with van der Waals surface area (Å²) in [6.45, 7) is 6.45. The van der Waals surface area contributed by atoms with Crippen LogP contribution < -0.4 is 5.32 Å². The molecule has 0 spiro atoms. The molecule has 1 aliphatic heterocycles. The van der Waals surface area contributed by atoms with Crippen molar-refractivity contribution in [3.05, 3.63) is 42.2 Å². The van der Waals surface area contributed by atoms with Crippen LogP contribution in [0.3, 0.4) is 0 Å². The minimum atomic E-state index is -0.285. The van der Waals surface area contributed by atoms with Crippen molar-refractivity contribution in [1.82, 2.24) is 15.0 Å². The summed E-state index contributed by atoms with van der Waals surface area (Å²) in [5, 5.41) is 6.46. The predicted molar refractivity (Wildman–Crippen MR) is 115 cm³/mol. The lowest BCUT2D eigenvalue weighted by Crippen LogP contribution is -2.42. The van der Waals surface area contributed by atoms with Crippen LogP contribution in [0.25, 0.3) is 0 Å². The van der Waals surface area contributed by atoms with Crippen LogP contribution in [0.2, 0.25) is 0 Å². The number of carbonyl (C=O) groups excluding carboxylic acids is 2. The van der Waals surface area contributed by atoms with E-state index in [9.17, 15) is 9.59 Å². The van der Waals surface area contributed by atoms with E-state index in [1.54, 1.807) is 17.9 Å². The van der Waals surface area contributed by atoms with Gasteiger partial charge in [-0.15, -0.1) is 11.8 Å². The zero-order valence-corrected chi connectivity index (χ0v) is 18.0. The third-order valence-electron chi connectivity index (χ3n) is 4.69. The molecule has 1 aromatic carbocycles. The molecule has 9 heteroatoms. The normalized spacial score (nSPS) is 14.4. The first-order chi connectivity index (χ1) is 14.6. The molecule has 3 rings (SSSR count). The van der Waals surface area contributed by atoms with Crippen molar-refractivity contribution in [1.29, 1.82) is 0 Å². The molecule has 0 atom stereocenters. The van der Waals surface area contributed by atoms with Crippen LogP contribution in [0.1, 0.15) is 12.2 Å². The maximum Gasteiger partial charge on any atom is 0.245 e. The number of aryl methyl sites for hydroxylation is 1. The monoisotopic (exact) mass is 432 g/mol. The van der Waals surface area contributed by atoms with Gasteiger partial charge in [0.2, 0.25) is 11.8 Å². The number of ether oxygens (including phenoxy) is 1. The largest absolute Gasteiger partial charge is 0.379 e. The highest BCUT2D eigenvalue weighted by atomic mass is 32.2. The van der Waals surface area contributed by atoms with Crippen molar-refractivity contribution in [3.63, 3.8) is 0 Å². The van der Waals surface area contributed by atoms with E-state index in [0.29, 0.717) is 18.1 Å². The minimum absolute atomic E-state index is 0.0107. The topological polar surface area (TPSA) is 87.9 Å². The average molecular weight is 433 g/mol. The number of aromatic nitrogens is 1. The van der Waals surface area contributed by atoms with Gasteiger partial charge in [0.1, 0.15) is 5.76 Å². The number of rotatable bonds is 10. The zero-order valence-electron chi connectivity index (χ0n) is 17.2. The molecule has 162 valence electrons. The van der Waals surface area contributed by atoms with Gasteiger partial charge in [-0.25, -0.2) is 0 Å². The van der Waals surface area contributed by atoms with Gasteiger partial charge in [0, 0.05) is 37.1 Å². The van der Waals surface area contributed by atoms with Crippen LogP contribution in [0.15, 0.2) is 45.8 Å². The molecule has 1 aliphatic rings. The Morgan fingerprint density at radius 2 is 2.00 bits per heavy atom. The number of thioether (sulfide) groups is 1. The van der Waals surface area contributed by atoms with E-state index < -0.39 is 0 Å². The molecule has 2 aromatic rings. The first-order valence-electron chi connectivity index (χ1n) is 10.1. The summed E-state index contributed by atoms with van der Waals surface area (Å²) in [7, 11) is 0. The van der Waals surface area contributed by atoms with Gasteiger partial charge in [-0.1, -0.05) is 23.4 Å². The third-order valence-corrected chi connectivity index (χ3v) is 5.69. The predicted octanol–water partition coefficient (Wildman–Crippen LogP) is 2.26. The quantitative estimate of drug-likeness (QED) is 0.576. The zero-order chi connectivity index (χ0) is 21.2. The number of anilines is 1. The number of benzene rings is 1. The fourth-order valence-electron chi connectivity index (χ4n) is 3.14. The Morgan fingerprint density at radius 1 is 1.23 bits per heavy atom.